The fraction of sp³-hybridized carbons (Fsp3) is 0.211. The molecule has 2 heterocycles. The van der Waals surface area contributed by atoms with Crippen LogP contribution >= 0.6 is 0 Å². The number of fused-ring (bicyclic) bond motifs is 4. The second-order valence-corrected chi connectivity index (χ2v) is 6.13. The van der Waals surface area contributed by atoms with Gasteiger partial charge in [0, 0.05) is 5.39 Å². The van der Waals surface area contributed by atoms with Gasteiger partial charge in [-0.2, -0.15) is 0 Å². The Hall–Kier alpha value is -2.75. The Kier molecular flexibility index (Phi) is 2.94. The van der Waals surface area contributed by atoms with Crippen molar-refractivity contribution in [2.45, 2.75) is 27.3 Å². The first kappa shape index (κ1) is 13.9. The van der Waals surface area contributed by atoms with Crippen LogP contribution in [-0.4, -0.2) is 20.3 Å². The second kappa shape index (κ2) is 4.88. The van der Waals surface area contributed by atoms with E-state index in [9.17, 15) is 4.79 Å². The van der Waals surface area contributed by atoms with Gasteiger partial charge in [0.25, 0.3) is 0 Å². The number of nitrogens with zero attached hydrogens (tertiary/aromatic N) is 3. The molecule has 0 fully saturated rings. The highest BCUT2D eigenvalue weighted by Gasteiger charge is 2.15. The topological polar surface area (TPSA) is 47.8 Å². The molecule has 2 aromatic carbocycles. The molecule has 0 aliphatic heterocycles. The molecule has 0 aliphatic carbocycles. The van der Waals surface area contributed by atoms with Crippen LogP contribution in [0.2, 0.25) is 0 Å². The van der Waals surface area contributed by atoms with Crippen molar-refractivity contribution in [2.75, 3.05) is 0 Å². The predicted molar refractivity (Wildman–Crippen MR) is 92.7 cm³/mol. The van der Waals surface area contributed by atoms with Crippen LogP contribution in [0.25, 0.3) is 33.1 Å². The number of aryl methyl sites for hydroxylation is 2. The average Bonchev–Trinajstić information content (AvgIpc) is 2.80. The van der Waals surface area contributed by atoms with E-state index >= 15 is 0 Å². The number of hydrogen-bond acceptors (Lipinski definition) is 3. The summed E-state index contributed by atoms with van der Waals surface area (Å²) in [7, 11) is 0. The van der Waals surface area contributed by atoms with E-state index in [1.807, 2.05) is 28.8 Å². The lowest BCUT2D eigenvalue weighted by Gasteiger charge is -2.06. The third-order valence-corrected chi connectivity index (χ3v) is 4.35. The molecule has 0 amide bonds. The molecule has 0 radical (unpaired) electrons. The molecule has 4 nitrogen and oxygen atoms in total. The third kappa shape index (κ3) is 2.10. The fourth-order valence-electron chi connectivity index (χ4n) is 3.08. The molecule has 4 rings (SSSR count). The van der Waals surface area contributed by atoms with Gasteiger partial charge in [0.15, 0.2) is 5.65 Å². The number of para-hydroxylation sites is 1. The zero-order valence-corrected chi connectivity index (χ0v) is 13.4. The van der Waals surface area contributed by atoms with Crippen LogP contribution in [0.3, 0.4) is 0 Å². The van der Waals surface area contributed by atoms with Gasteiger partial charge < -0.3 is 4.57 Å². The van der Waals surface area contributed by atoms with Crippen LogP contribution in [0, 0.1) is 13.8 Å². The fourth-order valence-corrected chi connectivity index (χ4v) is 3.08. The highest BCUT2D eigenvalue weighted by atomic mass is 16.1. The molecular formula is C19H17N3O. The minimum Gasteiger partial charge on any atom is -0.316 e. The van der Waals surface area contributed by atoms with Crippen molar-refractivity contribution in [1.82, 2.24) is 14.5 Å². The Bertz CT molecular complexity index is 1090. The number of ketones is 1. The minimum atomic E-state index is 0.106. The molecule has 4 heteroatoms. The molecule has 0 bridgehead atoms. The first-order valence-corrected chi connectivity index (χ1v) is 7.70. The summed E-state index contributed by atoms with van der Waals surface area (Å²) in [5.74, 6) is 0.106. The largest absolute Gasteiger partial charge is 0.316 e. The summed E-state index contributed by atoms with van der Waals surface area (Å²) in [5, 5.41) is 1.04. The van der Waals surface area contributed by atoms with Gasteiger partial charge in [-0.15, -0.1) is 0 Å². The van der Waals surface area contributed by atoms with Gasteiger partial charge in [0.1, 0.15) is 11.3 Å². The summed E-state index contributed by atoms with van der Waals surface area (Å²) >= 11 is 0. The lowest BCUT2D eigenvalue weighted by atomic mass is 10.1. The number of benzene rings is 2. The molecule has 0 saturated carbocycles. The van der Waals surface area contributed by atoms with E-state index in [1.54, 1.807) is 6.92 Å². The number of aromatic nitrogens is 3. The first-order valence-electron chi connectivity index (χ1n) is 7.70. The zero-order chi connectivity index (χ0) is 16.1. The van der Waals surface area contributed by atoms with Crippen molar-refractivity contribution in [3.05, 3.63) is 47.5 Å². The van der Waals surface area contributed by atoms with Crippen LogP contribution in [0.15, 0.2) is 36.4 Å². The number of Topliss-reactive ketones (excluding diaryl/α,β-unsaturated/α-hetero) is 1. The Morgan fingerprint density at radius 3 is 2.39 bits per heavy atom. The van der Waals surface area contributed by atoms with E-state index in [1.165, 1.54) is 11.1 Å². The third-order valence-electron chi connectivity index (χ3n) is 4.35. The van der Waals surface area contributed by atoms with Crippen LogP contribution in [0.5, 0.6) is 0 Å². The number of hydrogen-bond donors (Lipinski definition) is 0. The summed E-state index contributed by atoms with van der Waals surface area (Å²) in [6.07, 6.45) is 0. The van der Waals surface area contributed by atoms with Crippen molar-refractivity contribution in [3.63, 3.8) is 0 Å². The molecular weight excluding hydrogens is 286 g/mol. The van der Waals surface area contributed by atoms with E-state index in [2.05, 4.69) is 26.0 Å². The lowest BCUT2D eigenvalue weighted by molar-refractivity contribution is -0.117. The van der Waals surface area contributed by atoms with Gasteiger partial charge >= 0.3 is 0 Å². The van der Waals surface area contributed by atoms with Crippen LogP contribution < -0.4 is 0 Å². The van der Waals surface area contributed by atoms with E-state index in [0.717, 1.165) is 33.1 Å². The maximum absolute atomic E-state index is 11.7. The molecule has 0 spiro atoms. The summed E-state index contributed by atoms with van der Waals surface area (Å²) in [4.78, 5) is 21.4. The molecule has 0 N–H and O–H groups in total. The van der Waals surface area contributed by atoms with Crippen molar-refractivity contribution < 1.29 is 4.79 Å². The van der Waals surface area contributed by atoms with Gasteiger partial charge in [0.05, 0.1) is 23.1 Å². The van der Waals surface area contributed by atoms with Crippen molar-refractivity contribution in [1.29, 1.82) is 0 Å². The molecule has 0 unspecified atom stereocenters. The smallest absolute Gasteiger partial charge is 0.160 e. The SMILES string of the molecule is CC(=O)Cn1c2ccccc2c2nc3cc(C)c(C)cc3nc21. The average molecular weight is 303 g/mol. The van der Waals surface area contributed by atoms with E-state index in [0.29, 0.717) is 6.54 Å². The van der Waals surface area contributed by atoms with Gasteiger partial charge in [-0.05, 0) is 50.1 Å². The van der Waals surface area contributed by atoms with Crippen LogP contribution in [-0.2, 0) is 11.3 Å². The van der Waals surface area contributed by atoms with Crippen LogP contribution in [0.4, 0.5) is 0 Å². The summed E-state index contributed by atoms with van der Waals surface area (Å²) in [6, 6.07) is 12.2. The van der Waals surface area contributed by atoms with Gasteiger partial charge in [-0.1, -0.05) is 18.2 Å². The normalized spacial score (nSPS) is 11.6. The minimum absolute atomic E-state index is 0.106. The summed E-state index contributed by atoms with van der Waals surface area (Å²) in [6.45, 7) is 6.07. The molecule has 4 aromatic rings. The molecule has 0 saturated heterocycles. The van der Waals surface area contributed by atoms with Crippen molar-refractivity contribution in [3.8, 4) is 0 Å². The standard InChI is InChI=1S/C19H17N3O/c1-11-8-15-16(9-12(11)2)21-19-18(20-15)14-6-4-5-7-17(14)22(19)10-13(3)23/h4-9H,10H2,1-3H3. The number of carbonyl (C=O) groups excluding carboxylic acids is 1. The number of carbonyl (C=O) groups is 1. The van der Waals surface area contributed by atoms with Gasteiger partial charge in [0.2, 0.25) is 0 Å². The Labute approximate surface area is 133 Å². The predicted octanol–water partition coefficient (Wildman–Crippen LogP) is 3.94. The first-order chi connectivity index (χ1) is 11.0. The van der Waals surface area contributed by atoms with Gasteiger partial charge in [-0.25, -0.2) is 9.97 Å². The summed E-state index contributed by atoms with van der Waals surface area (Å²) < 4.78 is 1.97. The lowest BCUT2D eigenvalue weighted by Crippen LogP contribution is -2.06. The Morgan fingerprint density at radius 2 is 1.70 bits per heavy atom. The summed E-state index contributed by atoms with van der Waals surface area (Å²) in [5.41, 5.74) is 6.80. The molecule has 0 atom stereocenters. The monoisotopic (exact) mass is 303 g/mol. The van der Waals surface area contributed by atoms with Crippen LogP contribution in [0.1, 0.15) is 18.1 Å². The molecule has 23 heavy (non-hydrogen) atoms. The Morgan fingerprint density at radius 1 is 1.04 bits per heavy atom. The maximum Gasteiger partial charge on any atom is 0.160 e. The highest BCUT2D eigenvalue weighted by molar-refractivity contribution is 6.07. The van der Waals surface area contributed by atoms with E-state index < -0.39 is 0 Å². The molecule has 0 aliphatic rings. The quantitative estimate of drug-likeness (QED) is 0.563. The highest BCUT2D eigenvalue weighted by Crippen LogP contribution is 2.28. The van der Waals surface area contributed by atoms with Crippen molar-refractivity contribution >= 4 is 38.9 Å². The van der Waals surface area contributed by atoms with Crippen molar-refractivity contribution in [2.24, 2.45) is 0 Å². The Balaban J connectivity index is 2.18. The second-order valence-electron chi connectivity index (χ2n) is 6.13. The van der Waals surface area contributed by atoms with Gasteiger partial charge in [-0.3, -0.25) is 4.79 Å². The molecule has 114 valence electrons. The zero-order valence-electron chi connectivity index (χ0n) is 13.4. The van der Waals surface area contributed by atoms with E-state index in [-0.39, 0.29) is 5.78 Å². The number of rotatable bonds is 2. The van der Waals surface area contributed by atoms with E-state index in [4.69, 9.17) is 9.97 Å². The maximum atomic E-state index is 11.7. The molecule has 2 aromatic heterocycles.